The molecule has 0 bridgehead atoms. The quantitative estimate of drug-likeness (QED) is 0.360. The smallest absolute Gasteiger partial charge is 0.369 e. The monoisotopic (exact) mass is 428 g/mol. The third-order valence-corrected chi connectivity index (χ3v) is 4.36. The average Bonchev–Trinajstić information content (AvgIpc) is 2.68. The van der Waals surface area contributed by atoms with E-state index in [0.717, 1.165) is 12.1 Å². The van der Waals surface area contributed by atoms with Crippen LogP contribution in [0.5, 0.6) is 0 Å². The predicted octanol–water partition coefficient (Wildman–Crippen LogP) is 2.99. The lowest BCUT2D eigenvalue weighted by atomic mass is 9.98. The molecule has 162 valence electrons. The summed E-state index contributed by atoms with van der Waals surface area (Å²) in [6, 6.07) is 8.01. The fourth-order valence-electron chi connectivity index (χ4n) is 2.76. The summed E-state index contributed by atoms with van der Waals surface area (Å²) in [6.45, 7) is -0.212. The molecule has 0 saturated heterocycles. The van der Waals surface area contributed by atoms with Crippen molar-refractivity contribution in [1.82, 2.24) is 10.6 Å². The number of rotatable bonds is 7. The first-order valence-corrected chi connectivity index (χ1v) is 8.94. The van der Waals surface area contributed by atoms with Gasteiger partial charge >= 0.3 is 6.18 Å². The van der Waals surface area contributed by atoms with Gasteiger partial charge in [-0.15, -0.1) is 0 Å². The predicted molar refractivity (Wildman–Crippen MR) is 102 cm³/mol. The van der Waals surface area contributed by atoms with Crippen LogP contribution >= 0.6 is 0 Å². The highest BCUT2D eigenvalue weighted by molar-refractivity contribution is 5.81. The van der Waals surface area contributed by atoms with Gasteiger partial charge in [-0.25, -0.2) is 8.78 Å². The van der Waals surface area contributed by atoms with Crippen LogP contribution in [0.1, 0.15) is 16.7 Å². The zero-order chi connectivity index (χ0) is 22.3. The summed E-state index contributed by atoms with van der Waals surface area (Å²) in [5.74, 6) is -2.52. The van der Waals surface area contributed by atoms with Gasteiger partial charge in [0.1, 0.15) is 11.6 Å². The molecular weight excluding hydrogens is 407 g/mol. The lowest BCUT2D eigenvalue weighted by Gasteiger charge is -2.18. The van der Waals surface area contributed by atoms with Gasteiger partial charge in [-0.2, -0.15) is 13.2 Å². The van der Waals surface area contributed by atoms with E-state index in [1.54, 1.807) is 0 Å². The molecule has 2 rings (SSSR count). The van der Waals surface area contributed by atoms with Crippen molar-refractivity contribution < 1.29 is 26.7 Å². The largest absolute Gasteiger partial charge is 0.416 e. The van der Waals surface area contributed by atoms with Gasteiger partial charge in [0.05, 0.1) is 11.5 Å². The molecule has 0 radical (unpaired) electrons. The molecule has 30 heavy (non-hydrogen) atoms. The molecule has 1 amide bonds. The zero-order valence-electron chi connectivity index (χ0n) is 16.1. The molecule has 1 unspecified atom stereocenters. The standard InChI is InChI=1S/C20H21F5N4O/c1-27-19(28-10-13-4-7-16(22)9-17(13)20(23,24)25)29-11-14(18(26)30)8-12-2-5-15(21)6-3-12/h2-7,9,14H,8,10-11H2,1H3,(H2,26,30)(H2,27,28,29). The highest BCUT2D eigenvalue weighted by atomic mass is 19.4. The van der Waals surface area contributed by atoms with Gasteiger partial charge in [-0.3, -0.25) is 9.79 Å². The number of nitrogens with zero attached hydrogens (tertiary/aromatic N) is 1. The van der Waals surface area contributed by atoms with E-state index in [1.807, 2.05) is 0 Å². The third kappa shape index (κ3) is 6.71. The number of nitrogens with one attached hydrogen (secondary N) is 2. The molecule has 2 aromatic carbocycles. The first-order valence-electron chi connectivity index (χ1n) is 8.94. The maximum Gasteiger partial charge on any atom is 0.416 e. The van der Waals surface area contributed by atoms with Crippen molar-refractivity contribution in [2.45, 2.75) is 19.1 Å². The normalized spacial score (nSPS) is 13.1. The van der Waals surface area contributed by atoms with E-state index in [2.05, 4.69) is 15.6 Å². The molecule has 2 aromatic rings. The van der Waals surface area contributed by atoms with Gasteiger partial charge in [0.15, 0.2) is 5.96 Å². The number of carbonyl (C=O) groups excluding carboxylic acids is 1. The number of nitrogens with two attached hydrogens (primary N) is 1. The topological polar surface area (TPSA) is 79.5 Å². The van der Waals surface area contributed by atoms with Gasteiger partial charge in [0, 0.05) is 20.1 Å². The number of benzene rings is 2. The lowest BCUT2D eigenvalue weighted by molar-refractivity contribution is -0.138. The van der Waals surface area contributed by atoms with E-state index in [1.165, 1.54) is 31.3 Å². The van der Waals surface area contributed by atoms with Crippen molar-refractivity contribution in [3.63, 3.8) is 0 Å². The molecule has 10 heteroatoms. The van der Waals surface area contributed by atoms with E-state index in [-0.39, 0.29) is 31.0 Å². The van der Waals surface area contributed by atoms with Crippen LogP contribution in [0.25, 0.3) is 0 Å². The molecule has 0 heterocycles. The number of hydrogen-bond acceptors (Lipinski definition) is 2. The van der Waals surface area contributed by atoms with Gasteiger partial charge < -0.3 is 16.4 Å². The lowest BCUT2D eigenvalue weighted by Crippen LogP contribution is -2.43. The summed E-state index contributed by atoms with van der Waals surface area (Å²) in [6.07, 6.45) is -4.46. The summed E-state index contributed by atoms with van der Waals surface area (Å²) < 4.78 is 65.5. The fraction of sp³-hybridized carbons (Fsp3) is 0.300. The minimum atomic E-state index is -4.71. The van der Waals surface area contributed by atoms with Gasteiger partial charge in [0.2, 0.25) is 5.91 Å². The maximum atomic E-state index is 13.2. The van der Waals surface area contributed by atoms with E-state index in [4.69, 9.17) is 5.73 Å². The molecule has 0 aromatic heterocycles. The second kappa shape index (κ2) is 10.0. The Bertz CT molecular complexity index is 897. The molecule has 1 atom stereocenters. The summed E-state index contributed by atoms with van der Waals surface area (Å²) in [5.41, 5.74) is 4.87. The first-order chi connectivity index (χ1) is 14.1. The Balaban J connectivity index is 2.00. The Kier molecular flexibility index (Phi) is 7.73. The number of primary amides is 1. The Morgan fingerprint density at radius 1 is 1.07 bits per heavy atom. The van der Waals surface area contributed by atoms with Crippen molar-refractivity contribution >= 4 is 11.9 Å². The number of aliphatic imine (C=N–C) groups is 1. The van der Waals surface area contributed by atoms with Crippen molar-refractivity contribution in [1.29, 1.82) is 0 Å². The Morgan fingerprint density at radius 2 is 1.70 bits per heavy atom. The SMILES string of the molecule is CN=C(NCc1ccc(F)cc1C(F)(F)F)NCC(Cc1ccc(F)cc1)C(N)=O. The number of carbonyl (C=O) groups is 1. The van der Waals surface area contributed by atoms with Gasteiger partial charge in [0.25, 0.3) is 0 Å². The molecule has 4 N–H and O–H groups in total. The van der Waals surface area contributed by atoms with Crippen LogP contribution in [0.4, 0.5) is 22.0 Å². The highest BCUT2D eigenvalue weighted by Crippen LogP contribution is 2.32. The van der Waals surface area contributed by atoms with Gasteiger partial charge in [-0.05, 0) is 41.8 Å². The molecule has 0 aliphatic heterocycles. The summed E-state index contributed by atoms with van der Waals surface area (Å²) in [5, 5.41) is 5.53. The van der Waals surface area contributed by atoms with Crippen LogP contribution in [-0.2, 0) is 23.9 Å². The Hall–Kier alpha value is -3.17. The van der Waals surface area contributed by atoms with Gasteiger partial charge in [-0.1, -0.05) is 18.2 Å². The number of amides is 1. The maximum absolute atomic E-state index is 13.2. The van der Waals surface area contributed by atoms with E-state index in [9.17, 15) is 26.7 Å². The molecule has 0 saturated carbocycles. The zero-order valence-corrected chi connectivity index (χ0v) is 16.1. The Labute approximate surface area is 170 Å². The average molecular weight is 428 g/mol. The number of alkyl halides is 3. The van der Waals surface area contributed by atoms with Crippen molar-refractivity contribution in [3.8, 4) is 0 Å². The van der Waals surface area contributed by atoms with Crippen LogP contribution in [0.15, 0.2) is 47.5 Å². The van der Waals surface area contributed by atoms with Crippen LogP contribution in [-0.4, -0.2) is 25.5 Å². The molecule has 0 spiro atoms. The Morgan fingerprint density at radius 3 is 2.27 bits per heavy atom. The minimum absolute atomic E-state index is 0.0575. The second-order valence-corrected chi connectivity index (χ2v) is 6.54. The van der Waals surface area contributed by atoms with E-state index >= 15 is 0 Å². The molecule has 0 aliphatic carbocycles. The van der Waals surface area contributed by atoms with Crippen molar-refractivity contribution in [2.75, 3.05) is 13.6 Å². The van der Waals surface area contributed by atoms with Crippen molar-refractivity contribution in [2.24, 2.45) is 16.6 Å². The first kappa shape index (κ1) is 23.1. The van der Waals surface area contributed by atoms with E-state index in [0.29, 0.717) is 11.6 Å². The highest BCUT2D eigenvalue weighted by Gasteiger charge is 2.33. The van der Waals surface area contributed by atoms with Crippen LogP contribution < -0.4 is 16.4 Å². The number of halogens is 5. The van der Waals surface area contributed by atoms with Crippen LogP contribution in [0.3, 0.4) is 0 Å². The summed E-state index contributed by atoms with van der Waals surface area (Å²) in [7, 11) is 1.41. The fourth-order valence-corrected chi connectivity index (χ4v) is 2.76. The van der Waals surface area contributed by atoms with Crippen LogP contribution in [0, 0.1) is 17.6 Å². The number of hydrogen-bond donors (Lipinski definition) is 3. The third-order valence-electron chi connectivity index (χ3n) is 4.36. The summed E-state index contributed by atoms with van der Waals surface area (Å²) >= 11 is 0. The molecule has 0 fully saturated rings. The number of guanidine groups is 1. The van der Waals surface area contributed by atoms with Crippen LogP contribution in [0.2, 0.25) is 0 Å². The second-order valence-electron chi connectivity index (χ2n) is 6.54. The minimum Gasteiger partial charge on any atom is -0.369 e. The van der Waals surface area contributed by atoms with E-state index < -0.39 is 35.2 Å². The van der Waals surface area contributed by atoms with Crippen molar-refractivity contribution in [3.05, 3.63) is 70.8 Å². The summed E-state index contributed by atoms with van der Waals surface area (Å²) in [4.78, 5) is 15.6. The molecule has 0 aliphatic rings. The molecular formula is C20H21F5N4O. The molecule has 5 nitrogen and oxygen atoms in total.